The lowest BCUT2D eigenvalue weighted by molar-refractivity contribution is -0.384. The number of benzene rings is 1. The summed E-state index contributed by atoms with van der Waals surface area (Å²) in [7, 11) is 1.25. The molecule has 1 aromatic carbocycles. The summed E-state index contributed by atoms with van der Waals surface area (Å²) in [6.45, 7) is 1.94. The Morgan fingerprint density at radius 2 is 2.18 bits per heavy atom. The Balaban J connectivity index is 2.29. The molecule has 7 nitrogen and oxygen atoms in total. The first kappa shape index (κ1) is 16.7. The first-order valence-electron chi connectivity index (χ1n) is 6.90. The van der Waals surface area contributed by atoms with E-state index in [1.165, 1.54) is 19.2 Å². The van der Waals surface area contributed by atoms with Gasteiger partial charge in [-0.05, 0) is 24.8 Å². The van der Waals surface area contributed by atoms with Crippen molar-refractivity contribution in [1.29, 1.82) is 0 Å². The minimum absolute atomic E-state index is 0.149. The normalized spacial score (nSPS) is 15.4. The molecule has 1 fully saturated rings. The lowest BCUT2D eigenvalue weighted by Crippen LogP contribution is -2.23. The predicted molar refractivity (Wildman–Crippen MR) is 84.2 cm³/mol. The molecule has 8 heteroatoms. The van der Waals surface area contributed by atoms with Crippen LogP contribution in [0.1, 0.15) is 23.2 Å². The maximum absolute atomic E-state index is 11.9. The Bertz CT molecular complexity index is 573. The Hall–Kier alpha value is -1.67. The molecule has 0 spiro atoms. The van der Waals surface area contributed by atoms with Crippen molar-refractivity contribution >= 4 is 33.3 Å². The van der Waals surface area contributed by atoms with Crippen molar-refractivity contribution in [2.45, 2.75) is 12.8 Å². The van der Waals surface area contributed by atoms with Gasteiger partial charge in [0, 0.05) is 30.3 Å². The molecule has 0 unspecified atom stereocenters. The average molecular weight is 373 g/mol. The average Bonchev–Trinajstić information content (AvgIpc) is 2.53. The van der Waals surface area contributed by atoms with E-state index in [4.69, 9.17) is 9.47 Å². The number of rotatable bonds is 5. The van der Waals surface area contributed by atoms with E-state index < -0.39 is 10.9 Å². The van der Waals surface area contributed by atoms with Gasteiger partial charge in [-0.15, -0.1) is 0 Å². The van der Waals surface area contributed by atoms with Crippen LogP contribution in [-0.4, -0.2) is 37.8 Å². The molecule has 1 heterocycles. The van der Waals surface area contributed by atoms with Gasteiger partial charge in [-0.25, -0.2) is 4.79 Å². The highest BCUT2D eigenvalue weighted by atomic mass is 79.9. The first-order valence-corrected chi connectivity index (χ1v) is 7.70. The summed E-state index contributed by atoms with van der Waals surface area (Å²) >= 11 is 3.18. The molecule has 1 aliphatic heterocycles. The largest absolute Gasteiger partial charge is 0.465 e. The zero-order valence-electron chi connectivity index (χ0n) is 12.1. The maximum atomic E-state index is 11.9. The fourth-order valence-corrected chi connectivity index (χ4v) is 2.84. The molecule has 0 bridgehead atoms. The highest BCUT2D eigenvalue weighted by Gasteiger charge is 2.25. The topological polar surface area (TPSA) is 90.7 Å². The number of esters is 1. The predicted octanol–water partition coefficient (Wildman–Crippen LogP) is 2.98. The molecule has 0 amide bonds. The number of nitrogens with zero attached hydrogens (tertiary/aromatic N) is 1. The number of nitro groups is 1. The van der Waals surface area contributed by atoms with Gasteiger partial charge in [0.15, 0.2) is 0 Å². The molecule has 120 valence electrons. The summed E-state index contributed by atoms with van der Waals surface area (Å²) in [4.78, 5) is 22.6. The van der Waals surface area contributed by atoms with Gasteiger partial charge >= 0.3 is 5.97 Å². The van der Waals surface area contributed by atoms with Crippen LogP contribution in [0.5, 0.6) is 0 Å². The van der Waals surface area contributed by atoms with Crippen LogP contribution < -0.4 is 5.32 Å². The van der Waals surface area contributed by atoms with E-state index in [9.17, 15) is 14.9 Å². The molecular weight excluding hydrogens is 356 g/mol. The Morgan fingerprint density at radius 3 is 2.77 bits per heavy atom. The quantitative estimate of drug-likeness (QED) is 0.485. The van der Waals surface area contributed by atoms with E-state index in [1.807, 2.05) is 0 Å². The number of anilines is 1. The number of methoxy groups -OCH3 is 1. The van der Waals surface area contributed by atoms with Crippen molar-refractivity contribution in [3.05, 3.63) is 32.3 Å². The van der Waals surface area contributed by atoms with Gasteiger partial charge in [0.25, 0.3) is 5.69 Å². The monoisotopic (exact) mass is 372 g/mol. The van der Waals surface area contributed by atoms with Crippen LogP contribution >= 0.6 is 15.9 Å². The van der Waals surface area contributed by atoms with Crippen LogP contribution in [0.2, 0.25) is 0 Å². The van der Waals surface area contributed by atoms with Crippen LogP contribution in [0.15, 0.2) is 16.6 Å². The molecule has 1 saturated heterocycles. The van der Waals surface area contributed by atoms with Gasteiger partial charge < -0.3 is 14.8 Å². The minimum Gasteiger partial charge on any atom is -0.465 e. The van der Waals surface area contributed by atoms with Crippen molar-refractivity contribution in [1.82, 2.24) is 0 Å². The summed E-state index contributed by atoms with van der Waals surface area (Å²) in [6, 6.07) is 2.89. The molecular formula is C14H17BrN2O5. The molecule has 1 aliphatic rings. The van der Waals surface area contributed by atoms with Crippen LogP contribution in [0.4, 0.5) is 11.4 Å². The number of halogens is 1. The van der Waals surface area contributed by atoms with E-state index in [0.29, 0.717) is 30.1 Å². The van der Waals surface area contributed by atoms with Crippen LogP contribution in [0.3, 0.4) is 0 Å². The number of carbonyl (C=O) groups is 1. The molecule has 0 aromatic heterocycles. The van der Waals surface area contributed by atoms with Crippen LogP contribution in [0, 0.1) is 16.0 Å². The molecule has 0 saturated carbocycles. The molecule has 0 aliphatic carbocycles. The zero-order valence-corrected chi connectivity index (χ0v) is 13.7. The number of hydrogen-bond acceptors (Lipinski definition) is 6. The SMILES string of the molecule is COC(=O)c1cc(Br)cc([N+](=O)[O-])c1NCC1CCOCC1. The second kappa shape index (κ2) is 7.55. The second-order valence-corrected chi connectivity index (χ2v) is 5.95. The van der Waals surface area contributed by atoms with Crippen LogP contribution in [0.25, 0.3) is 0 Å². The van der Waals surface area contributed by atoms with Crippen molar-refractivity contribution in [3.8, 4) is 0 Å². The number of carbonyl (C=O) groups excluding carboxylic acids is 1. The summed E-state index contributed by atoms with van der Waals surface area (Å²) in [5.74, 6) is -0.249. The van der Waals surface area contributed by atoms with Crippen molar-refractivity contribution in [2.75, 3.05) is 32.2 Å². The summed E-state index contributed by atoms with van der Waals surface area (Å²) in [5, 5.41) is 14.3. The summed E-state index contributed by atoms with van der Waals surface area (Å²) < 4.78 is 10.5. The molecule has 22 heavy (non-hydrogen) atoms. The van der Waals surface area contributed by atoms with E-state index in [-0.39, 0.29) is 16.9 Å². The Labute approximate surface area is 136 Å². The number of hydrogen-bond donors (Lipinski definition) is 1. The standard InChI is InChI=1S/C14H17BrN2O5/c1-21-14(18)11-6-10(15)7-12(17(19)20)13(11)16-8-9-2-4-22-5-3-9/h6-7,9,16H,2-5,8H2,1H3. The van der Waals surface area contributed by atoms with Crippen molar-refractivity contribution in [2.24, 2.45) is 5.92 Å². The van der Waals surface area contributed by atoms with Crippen LogP contribution in [-0.2, 0) is 9.47 Å². The summed E-state index contributed by atoms with van der Waals surface area (Å²) in [5.41, 5.74) is 0.198. The third-order valence-corrected chi connectivity index (χ3v) is 4.05. The van der Waals surface area contributed by atoms with E-state index in [2.05, 4.69) is 21.2 Å². The zero-order chi connectivity index (χ0) is 16.1. The van der Waals surface area contributed by atoms with Gasteiger partial charge in [-0.3, -0.25) is 10.1 Å². The van der Waals surface area contributed by atoms with Gasteiger partial charge in [0.1, 0.15) is 5.69 Å². The van der Waals surface area contributed by atoms with Gasteiger partial charge in [-0.1, -0.05) is 15.9 Å². The van der Waals surface area contributed by atoms with E-state index >= 15 is 0 Å². The number of nitrogens with one attached hydrogen (secondary N) is 1. The van der Waals surface area contributed by atoms with Crippen molar-refractivity contribution in [3.63, 3.8) is 0 Å². The molecule has 1 aromatic rings. The number of nitro benzene ring substituents is 1. The van der Waals surface area contributed by atoms with E-state index in [1.54, 1.807) is 0 Å². The highest BCUT2D eigenvalue weighted by Crippen LogP contribution is 2.33. The third kappa shape index (κ3) is 3.95. The minimum atomic E-state index is -0.612. The first-order chi connectivity index (χ1) is 10.5. The van der Waals surface area contributed by atoms with Gasteiger partial charge in [0.05, 0.1) is 17.6 Å². The molecule has 2 rings (SSSR count). The Kier molecular flexibility index (Phi) is 5.73. The fourth-order valence-electron chi connectivity index (χ4n) is 2.39. The van der Waals surface area contributed by atoms with Gasteiger partial charge in [-0.2, -0.15) is 0 Å². The lowest BCUT2D eigenvalue weighted by atomic mass is 10.00. The summed E-state index contributed by atoms with van der Waals surface area (Å²) in [6.07, 6.45) is 1.79. The number of ether oxygens (including phenoxy) is 2. The maximum Gasteiger partial charge on any atom is 0.340 e. The lowest BCUT2D eigenvalue weighted by Gasteiger charge is -2.23. The van der Waals surface area contributed by atoms with E-state index in [0.717, 1.165) is 12.8 Å². The molecule has 0 radical (unpaired) electrons. The molecule has 1 N–H and O–H groups in total. The van der Waals surface area contributed by atoms with Gasteiger partial charge in [0.2, 0.25) is 0 Å². The highest BCUT2D eigenvalue weighted by molar-refractivity contribution is 9.10. The smallest absolute Gasteiger partial charge is 0.340 e. The molecule has 0 atom stereocenters. The fraction of sp³-hybridized carbons (Fsp3) is 0.500. The van der Waals surface area contributed by atoms with Crippen molar-refractivity contribution < 1.29 is 19.2 Å². The third-order valence-electron chi connectivity index (χ3n) is 3.59. The second-order valence-electron chi connectivity index (χ2n) is 5.03. The Morgan fingerprint density at radius 1 is 1.50 bits per heavy atom.